The van der Waals surface area contributed by atoms with E-state index in [-0.39, 0.29) is 73.1 Å². The van der Waals surface area contributed by atoms with Gasteiger partial charge in [0.2, 0.25) is 46.8 Å². The Labute approximate surface area is 357 Å². The van der Waals surface area contributed by atoms with E-state index in [1.54, 1.807) is 24.3 Å². The topological polar surface area (TPSA) is 277 Å². The van der Waals surface area contributed by atoms with Gasteiger partial charge in [-0.15, -0.1) is 11.8 Å². The number of anilines is 1. The van der Waals surface area contributed by atoms with Gasteiger partial charge in [0.1, 0.15) is 23.8 Å². The molecule has 5 N–H and O–H groups in total. The van der Waals surface area contributed by atoms with Gasteiger partial charge >= 0.3 is 0 Å². The van der Waals surface area contributed by atoms with Gasteiger partial charge < -0.3 is 31.3 Å². The first-order valence-electron chi connectivity index (χ1n) is 18.8. The molecule has 1 aromatic carbocycles. The summed E-state index contributed by atoms with van der Waals surface area (Å²) in [4.78, 5) is 152. The fraction of sp³-hybridized carbons (Fsp3) is 0.526. The lowest BCUT2D eigenvalue weighted by atomic mass is 9.71. The van der Waals surface area contributed by atoms with Crippen LogP contribution in [0.4, 0.5) is 5.69 Å². The summed E-state index contributed by atoms with van der Waals surface area (Å²) in [5.41, 5.74) is -1.53. The van der Waals surface area contributed by atoms with Gasteiger partial charge in [-0.2, -0.15) is 0 Å². The predicted molar refractivity (Wildman–Crippen MR) is 221 cm³/mol. The average molecular weight is 893 g/mol. The molecule has 22 heteroatoms. The Morgan fingerprint density at radius 1 is 0.800 bits per heavy atom. The maximum atomic E-state index is 13.8. The van der Waals surface area contributed by atoms with Crippen molar-refractivity contribution in [2.24, 2.45) is 5.41 Å². The van der Waals surface area contributed by atoms with Crippen LogP contribution in [0.2, 0.25) is 0 Å². The molecule has 2 atom stereocenters. The van der Waals surface area contributed by atoms with E-state index in [1.165, 1.54) is 28.6 Å². The van der Waals surface area contributed by atoms with Crippen LogP contribution in [-0.4, -0.2) is 137 Å². The molecule has 0 aromatic heterocycles. The molecule has 3 rings (SSSR count). The Hall–Kier alpha value is -4.93. The minimum atomic E-state index is -2.76. The Morgan fingerprint density at radius 3 is 2.03 bits per heavy atom. The highest BCUT2D eigenvalue weighted by molar-refractivity contribution is 8.93. The number of aryl methyl sites for hydroxylation is 1. The number of amides is 7. The maximum Gasteiger partial charge on any atom is 0.250 e. The third-order valence-corrected chi connectivity index (χ3v) is 12.6. The molecule has 326 valence electrons. The lowest BCUT2D eigenvalue weighted by molar-refractivity contribution is -0.154. The number of benzene rings is 1. The van der Waals surface area contributed by atoms with Crippen LogP contribution in [0.1, 0.15) is 58.4 Å². The zero-order valence-electron chi connectivity index (χ0n) is 33.5. The van der Waals surface area contributed by atoms with Crippen LogP contribution >= 0.6 is 33.3 Å². The van der Waals surface area contributed by atoms with E-state index in [4.69, 9.17) is 4.74 Å². The van der Waals surface area contributed by atoms with E-state index >= 15 is 0 Å². The summed E-state index contributed by atoms with van der Waals surface area (Å²) in [6.45, 7) is 0.914. The van der Waals surface area contributed by atoms with Crippen molar-refractivity contribution >= 4 is 109 Å². The van der Waals surface area contributed by atoms with Crippen molar-refractivity contribution in [3.05, 3.63) is 29.8 Å². The van der Waals surface area contributed by atoms with Gasteiger partial charge in [0.15, 0.2) is 28.9 Å². The molecule has 19 nitrogen and oxygen atoms in total. The molecule has 0 saturated carbocycles. The molecular weight excluding hydrogens is 845 g/mol. The summed E-state index contributed by atoms with van der Waals surface area (Å²) in [7, 11) is 4.33. The second-order valence-corrected chi connectivity index (χ2v) is 17.7. The van der Waals surface area contributed by atoms with Crippen molar-refractivity contribution < 1.29 is 62.3 Å². The summed E-state index contributed by atoms with van der Waals surface area (Å²) in [6.07, 6.45) is 0.402. The number of rotatable bonds is 27. The number of ketones is 5. The molecule has 0 radical (unpaired) electrons. The van der Waals surface area contributed by atoms with Gasteiger partial charge in [0.25, 0.3) is 0 Å². The SMILES string of the molecule is CNC(=O)CCNC(=O)CCc1ccc(NC(=O)COCC(=O)NCC(NC(=O)CCSC2CC(=O)N(CCC(=O)C3SS3)C2=O)C(=O)C(C(C)=O)(C(C)=O)C(C)=O)cc1. The van der Waals surface area contributed by atoms with Crippen LogP contribution in [0, 0.1) is 5.41 Å². The highest BCUT2D eigenvalue weighted by atomic mass is 33.2. The van der Waals surface area contributed by atoms with Crippen molar-refractivity contribution in [2.75, 3.05) is 51.0 Å². The average Bonchev–Trinajstić information content (AvgIpc) is 4.00. The second kappa shape index (κ2) is 23.8. The Kier molecular flexibility index (Phi) is 19.6. The molecule has 0 bridgehead atoms. The number of ether oxygens (including phenoxy) is 1. The van der Waals surface area contributed by atoms with E-state index < -0.39 is 89.1 Å². The molecular formula is C38H48N6O13S3. The number of Topliss-reactive ketones (excluding diaryl/α,β-unsaturated/α-hetero) is 5. The monoisotopic (exact) mass is 892 g/mol. The third-order valence-electron chi connectivity index (χ3n) is 9.29. The van der Waals surface area contributed by atoms with Crippen molar-refractivity contribution in [3.8, 4) is 0 Å². The summed E-state index contributed by atoms with van der Waals surface area (Å²) >= 11 is 1.02. The van der Waals surface area contributed by atoms with Crippen LogP contribution in [0.3, 0.4) is 0 Å². The molecule has 7 amide bonds. The lowest BCUT2D eigenvalue weighted by Crippen LogP contribution is -2.60. The van der Waals surface area contributed by atoms with Gasteiger partial charge in [-0.05, 0) is 44.9 Å². The van der Waals surface area contributed by atoms with E-state index in [2.05, 4.69) is 26.6 Å². The second-order valence-electron chi connectivity index (χ2n) is 13.7. The molecule has 2 aliphatic rings. The normalized spacial score (nSPS) is 15.4. The van der Waals surface area contributed by atoms with Crippen molar-refractivity contribution in [3.63, 3.8) is 0 Å². The molecule has 2 aliphatic heterocycles. The largest absolute Gasteiger partial charge is 0.362 e. The molecule has 60 heavy (non-hydrogen) atoms. The van der Waals surface area contributed by atoms with Gasteiger partial charge in [-0.25, -0.2) is 0 Å². The van der Waals surface area contributed by atoms with Crippen molar-refractivity contribution in [1.29, 1.82) is 0 Å². The molecule has 0 aliphatic carbocycles. The van der Waals surface area contributed by atoms with Crippen LogP contribution in [0.15, 0.2) is 24.3 Å². The number of carbonyl (C=O) groups excluding carboxylic acids is 12. The number of nitrogens with zero attached hydrogens (tertiary/aromatic N) is 1. The maximum absolute atomic E-state index is 13.8. The summed E-state index contributed by atoms with van der Waals surface area (Å²) < 4.78 is 5.02. The standard InChI is InChI=1S/C38H48N6O13S3/c1-21(45)38(22(2)46,23(3)47)35(55)26(43-31(51)13-16-58-28-17-34(54)44(36(28)56)15-12-27(48)37-59-60-37)18-41-32(52)19-57-20-33(53)42-25-8-5-24(6-9-25)7-10-30(50)40-14-11-29(49)39-4/h5-6,8-9,26,28,37H,7,10-20H2,1-4H3,(H,39,49)(H,40,50)(H,41,52)(H,42,53)(H,43,51). The number of hydrogen-bond donors (Lipinski definition) is 5. The smallest absolute Gasteiger partial charge is 0.250 e. The zero-order chi connectivity index (χ0) is 44.6. The highest BCUT2D eigenvalue weighted by Crippen LogP contribution is 2.53. The molecule has 1 aromatic rings. The first-order valence-corrected chi connectivity index (χ1v) is 22.1. The van der Waals surface area contributed by atoms with Gasteiger partial charge in [0, 0.05) is 70.2 Å². The first kappa shape index (κ1) is 49.4. The van der Waals surface area contributed by atoms with Crippen molar-refractivity contribution in [1.82, 2.24) is 26.2 Å². The number of nitrogens with one attached hydrogen (secondary N) is 5. The van der Waals surface area contributed by atoms with Crippen LogP contribution in [0.5, 0.6) is 0 Å². The van der Waals surface area contributed by atoms with Crippen LogP contribution in [-0.2, 0) is 68.7 Å². The number of thioether (sulfide) groups is 1. The molecule has 2 saturated heterocycles. The fourth-order valence-electron chi connectivity index (χ4n) is 6.03. The van der Waals surface area contributed by atoms with Crippen LogP contribution in [0.25, 0.3) is 0 Å². The number of imide groups is 1. The third kappa shape index (κ3) is 14.7. The molecule has 2 fully saturated rings. The summed E-state index contributed by atoms with van der Waals surface area (Å²) in [5.74, 6) is -8.16. The lowest BCUT2D eigenvalue weighted by Gasteiger charge is -2.29. The first-order chi connectivity index (χ1) is 28.4. The van der Waals surface area contributed by atoms with E-state index in [9.17, 15) is 57.5 Å². The van der Waals surface area contributed by atoms with E-state index in [0.717, 1.165) is 43.0 Å². The van der Waals surface area contributed by atoms with Gasteiger partial charge in [0.05, 0.1) is 5.25 Å². The predicted octanol–water partition coefficient (Wildman–Crippen LogP) is -0.319. The molecule has 0 spiro atoms. The van der Waals surface area contributed by atoms with Gasteiger partial charge in [-0.3, -0.25) is 62.4 Å². The van der Waals surface area contributed by atoms with Crippen molar-refractivity contribution in [2.45, 2.75) is 75.2 Å². The quantitative estimate of drug-likeness (QED) is 0.0328. The summed E-state index contributed by atoms with van der Waals surface area (Å²) in [5, 5.41) is 11.6. The Balaban J connectivity index is 1.50. The Bertz CT molecular complexity index is 1840. The molecule has 2 unspecified atom stereocenters. The zero-order valence-corrected chi connectivity index (χ0v) is 36.0. The summed E-state index contributed by atoms with van der Waals surface area (Å²) in [6, 6.07) is 4.90. The number of likely N-dealkylation sites (tertiary alicyclic amines) is 1. The number of carbonyl (C=O) groups is 12. The van der Waals surface area contributed by atoms with E-state index in [1.807, 2.05) is 0 Å². The minimum Gasteiger partial charge on any atom is -0.362 e. The van der Waals surface area contributed by atoms with E-state index in [0.29, 0.717) is 12.1 Å². The number of hydrogen-bond acceptors (Lipinski definition) is 16. The van der Waals surface area contributed by atoms with Crippen LogP contribution < -0.4 is 26.6 Å². The van der Waals surface area contributed by atoms with Gasteiger partial charge in [-0.1, -0.05) is 33.7 Å². The Morgan fingerprint density at radius 2 is 1.43 bits per heavy atom. The fourth-order valence-corrected chi connectivity index (χ4v) is 8.46. The highest BCUT2D eigenvalue weighted by Gasteiger charge is 2.54. The molecule has 2 heterocycles. The minimum absolute atomic E-state index is 0.00341.